The minimum absolute atomic E-state index is 0.00639. The molecule has 40 heavy (non-hydrogen) atoms. The average Bonchev–Trinajstić information content (AvgIpc) is 3.35. The Morgan fingerprint density at radius 3 is 2.65 bits per heavy atom. The van der Waals surface area contributed by atoms with E-state index in [1.54, 1.807) is 49.4 Å². The van der Waals surface area contributed by atoms with Crippen molar-refractivity contribution >= 4 is 46.9 Å². The molecule has 12 heteroatoms. The fourth-order valence-electron chi connectivity index (χ4n) is 3.87. The molecule has 0 bridgehead atoms. The first-order valence-electron chi connectivity index (χ1n) is 12.6. The van der Waals surface area contributed by atoms with Gasteiger partial charge in [-0.2, -0.15) is 5.10 Å². The number of furan rings is 1. The molecule has 0 saturated heterocycles. The molecular formula is C28H30Cl2N4O6. The molecule has 10 nitrogen and oxygen atoms in total. The normalized spacial score (nSPS) is 11.9. The van der Waals surface area contributed by atoms with Crippen LogP contribution < -0.4 is 15.5 Å². The van der Waals surface area contributed by atoms with Crippen molar-refractivity contribution < 1.29 is 23.7 Å². The Morgan fingerprint density at radius 2 is 1.95 bits per heavy atom. The molecule has 0 aliphatic carbocycles. The molecule has 212 valence electrons. The number of rotatable bonds is 13. The lowest BCUT2D eigenvalue weighted by atomic mass is 10.0. The number of amides is 2. The standard InChI is InChI=1S/C28H30Cl2N4O6/c1-17(2)14-23(32-27(35)8-5-13-39-26-11-9-19(29)15-22(26)30)28(36)33-31-16-20-10-12-25(40-20)21-6-4-7-24(18(21)3)34(37)38/h4,6-7,9-12,15-17,23H,5,8,13-14H2,1-3H3,(H,32,35)(H,33,36)/b31-16-/t23-/m1/s1. The summed E-state index contributed by atoms with van der Waals surface area (Å²) in [6.07, 6.45) is 2.31. The second-order valence-electron chi connectivity index (χ2n) is 9.42. The van der Waals surface area contributed by atoms with E-state index in [9.17, 15) is 19.7 Å². The summed E-state index contributed by atoms with van der Waals surface area (Å²) in [5.41, 5.74) is 3.50. The van der Waals surface area contributed by atoms with Crippen molar-refractivity contribution in [3.05, 3.63) is 80.0 Å². The van der Waals surface area contributed by atoms with Crippen LogP contribution in [-0.4, -0.2) is 35.6 Å². The van der Waals surface area contributed by atoms with Gasteiger partial charge >= 0.3 is 0 Å². The molecule has 0 aliphatic rings. The second-order valence-corrected chi connectivity index (χ2v) is 10.3. The van der Waals surface area contributed by atoms with E-state index in [2.05, 4.69) is 15.8 Å². The lowest BCUT2D eigenvalue weighted by Crippen LogP contribution is -2.46. The van der Waals surface area contributed by atoms with Gasteiger partial charge in [-0.1, -0.05) is 49.2 Å². The average molecular weight is 589 g/mol. The maximum absolute atomic E-state index is 12.8. The number of hydrogen-bond acceptors (Lipinski definition) is 7. The Kier molecular flexibility index (Phi) is 11.1. The molecular weight excluding hydrogens is 559 g/mol. The first-order chi connectivity index (χ1) is 19.0. The first-order valence-corrected chi connectivity index (χ1v) is 13.3. The summed E-state index contributed by atoms with van der Waals surface area (Å²) in [6, 6.07) is 12.2. The third-order valence-electron chi connectivity index (χ3n) is 5.82. The van der Waals surface area contributed by atoms with Gasteiger partial charge in [0.2, 0.25) is 5.91 Å². The zero-order valence-electron chi connectivity index (χ0n) is 22.3. The minimum Gasteiger partial charge on any atom is -0.492 e. The topological polar surface area (TPSA) is 136 Å². The van der Waals surface area contributed by atoms with E-state index in [4.69, 9.17) is 32.4 Å². The van der Waals surface area contributed by atoms with Crippen molar-refractivity contribution in [3.8, 4) is 17.1 Å². The minimum atomic E-state index is -0.782. The molecule has 1 aromatic heterocycles. The van der Waals surface area contributed by atoms with Crippen molar-refractivity contribution in [2.24, 2.45) is 11.0 Å². The maximum Gasteiger partial charge on any atom is 0.273 e. The van der Waals surface area contributed by atoms with Gasteiger partial charge in [0.25, 0.3) is 11.6 Å². The first kappa shape index (κ1) is 30.6. The molecule has 2 amide bonds. The van der Waals surface area contributed by atoms with E-state index in [0.717, 1.165) is 0 Å². The van der Waals surface area contributed by atoms with Gasteiger partial charge in [0.15, 0.2) is 0 Å². The van der Waals surface area contributed by atoms with Gasteiger partial charge in [-0.15, -0.1) is 0 Å². The van der Waals surface area contributed by atoms with Gasteiger partial charge in [-0.3, -0.25) is 19.7 Å². The SMILES string of the molecule is Cc1c(-c2ccc(/C=N\NC(=O)[C@@H](CC(C)C)NC(=O)CCCOc3ccc(Cl)cc3Cl)o2)cccc1[N+](=O)[O-]. The number of hydrazone groups is 1. The molecule has 2 aromatic carbocycles. The Morgan fingerprint density at radius 1 is 1.18 bits per heavy atom. The summed E-state index contributed by atoms with van der Waals surface area (Å²) in [5, 5.41) is 18.8. The fraction of sp³-hybridized carbons (Fsp3) is 0.321. The quantitative estimate of drug-likeness (QED) is 0.104. The van der Waals surface area contributed by atoms with Gasteiger partial charge in [0, 0.05) is 28.6 Å². The number of nitro groups is 1. The van der Waals surface area contributed by atoms with Crippen LogP contribution >= 0.6 is 23.2 Å². The van der Waals surface area contributed by atoms with E-state index in [1.165, 1.54) is 12.3 Å². The summed E-state index contributed by atoms with van der Waals surface area (Å²) in [7, 11) is 0. The van der Waals surface area contributed by atoms with Crippen LogP contribution in [0.5, 0.6) is 5.75 Å². The molecule has 0 saturated carbocycles. The van der Waals surface area contributed by atoms with Crippen LogP contribution in [0.25, 0.3) is 11.3 Å². The van der Waals surface area contributed by atoms with Gasteiger partial charge < -0.3 is 14.5 Å². The Hall–Kier alpha value is -3.89. The molecule has 3 aromatic rings. The predicted molar refractivity (Wildman–Crippen MR) is 154 cm³/mol. The summed E-state index contributed by atoms with van der Waals surface area (Å²) < 4.78 is 11.3. The third kappa shape index (κ3) is 8.82. The van der Waals surface area contributed by atoms with Crippen molar-refractivity contribution in [2.75, 3.05) is 6.61 Å². The Bertz CT molecular complexity index is 1390. The van der Waals surface area contributed by atoms with E-state index in [-0.39, 0.29) is 30.5 Å². The molecule has 0 fully saturated rings. The molecule has 0 aliphatic heterocycles. The lowest BCUT2D eigenvalue weighted by Gasteiger charge is -2.19. The van der Waals surface area contributed by atoms with Crippen LogP contribution in [0.2, 0.25) is 10.0 Å². The third-order valence-corrected chi connectivity index (χ3v) is 6.35. The monoisotopic (exact) mass is 588 g/mol. The highest BCUT2D eigenvalue weighted by Crippen LogP contribution is 2.31. The fourth-order valence-corrected chi connectivity index (χ4v) is 4.33. The van der Waals surface area contributed by atoms with Gasteiger partial charge in [-0.05, 0) is 56.0 Å². The van der Waals surface area contributed by atoms with Crippen molar-refractivity contribution in [1.29, 1.82) is 0 Å². The van der Waals surface area contributed by atoms with Crippen LogP contribution in [0.15, 0.2) is 58.0 Å². The van der Waals surface area contributed by atoms with Crippen molar-refractivity contribution in [3.63, 3.8) is 0 Å². The van der Waals surface area contributed by atoms with Crippen LogP contribution in [0.4, 0.5) is 5.69 Å². The van der Waals surface area contributed by atoms with Crippen LogP contribution in [-0.2, 0) is 9.59 Å². The summed E-state index contributed by atoms with van der Waals surface area (Å²) in [6.45, 7) is 5.80. The summed E-state index contributed by atoms with van der Waals surface area (Å²) in [5.74, 6) is 0.626. The highest BCUT2D eigenvalue weighted by Gasteiger charge is 2.22. The molecule has 3 rings (SSSR count). The zero-order chi connectivity index (χ0) is 29.2. The van der Waals surface area contributed by atoms with Crippen molar-refractivity contribution in [1.82, 2.24) is 10.7 Å². The number of ether oxygens (including phenoxy) is 1. The van der Waals surface area contributed by atoms with Gasteiger partial charge in [0.1, 0.15) is 23.3 Å². The number of carbonyl (C=O) groups is 2. The largest absolute Gasteiger partial charge is 0.492 e. The van der Waals surface area contributed by atoms with E-state index < -0.39 is 16.9 Å². The second kappa shape index (κ2) is 14.5. The maximum atomic E-state index is 12.8. The van der Waals surface area contributed by atoms with E-state index in [0.29, 0.717) is 51.3 Å². The number of nitro benzene ring substituents is 1. The highest BCUT2D eigenvalue weighted by molar-refractivity contribution is 6.35. The molecule has 2 N–H and O–H groups in total. The van der Waals surface area contributed by atoms with E-state index >= 15 is 0 Å². The van der Waals surface area contributed by atoms with E-state index in [1.807, 2.05) is 13.8 Å². The Labute approximate surface area is 241 Å². The highest BCUT2D eigenvalue weighted by atomic mass is 35.5. The molecule has 0 unspecified atom stereocenters. The lowest BCUT2D eigenvalue weighted by molar-refractivity contribution is -0.385. The number of benzene rings is 2. The van der Waals surface area contributed by atoms with Gasteiger partial charge in [-0.25, -0.2) is 5.43 Å². The predicted octanol–water partition coefficient (Wildman–Crippen LogP) is 6.31. The number of nitrogens with zero attached hydrogens (tertiary/aromatic N) is 2. The van der Waals surface area contributed by atoms with Crippen LogP contribution in [0, 0.1) is 23.0 Å². The number of carbonyl (C=O) groups excluding carboxylic acids is 2. The molecule has 0 spiro atoms. The molecule has 1 atom stereocenters. The van der Waals surface area contributed by atoms with Crippen LogP contribution in [0.3, 0.4) is 0 Å². The van der Waals surface area contributed by atoms with Gasteiger partial charge in [0.05, 0.1) is 22.8 Å². The molecule has 1 heterocycles. The smallest absolute Gasteiger partial charge is 0.273 e. The number of nitrogens with one attached hydrogen (secondary N) is 2. The van der Waals surface area contributed by atoms with Crippen LogP contribution in [0.1, 0.15) is 44.4 Å². The number of halogens is 2. The summed E-state index contributed by atoms with van der Waals surface area (Å²) >= 11 is 12.0. The van der Waals surface area contributed by atoms with Crippen molar-refractivity contribution in [2.45, 2.75) is 46.1 Å². The zero-order valence-corrected chi connectivity index (χ0v) is 23.8. The molecule has 0 radical (unpaired) electrons. The summed E-state index contributed by atoms with van der Waals surface area (Å²) in [4.78, 5) is 36.0. The number of hydrogen-bond donors (Lipinski definition) is 2. The Balaban J connectivity index is 1.53.